The fourth-order valence-electron chi connectivity index (χ4n) is 3.26. The Balaban J connectivity index is 1.39. The van der Waals surface area contributed by atoms with Crippen LogP contribution in [0.15, 0.2) is 36.9 Å². The zero-order valence-corrected chi connectivity index (χ0v) is 14.0. The van der Waals surface area contributed by atoms with E-state index in [4.69, 9.17) is 5.73 Å². The fourth-order valence-corrected chi connectivity index (χ4v) is 3.26. The van der Waals surface area contributed by atoms with Gasteiger partial charge in [-0.25, -0.2) is 9.13 Å². The lowest BCUT2D eigenvalue weighted by Crippen LogP contribution is -2.36. The van der Waals surface area contributed by atoms with E-state index in [1.165, 1.54) is 24.1 Å². The van der Waals surface area contributed by atoms with Crippen LogP contribution in [0.3, 0.4) is 0 Å². The van der Waals surface area contributed by atoms with Crippen molar-refractivity contribution in [1.82, 2.24) is 9.88 Å². The highest BCUT2D eigenvalue weighted by Gasteiger charge is 2.16. The first-order valence-electron chi connectivity index (χ1n) is 8.57. The van der Waals surface area contributed by atoms with Gasteiger partial charge in [-0.2, -0.15) is 0 Å². The summed E-state index contributed by atoms with van der Waals surface area (Å²) in [7, 11) is 2.05. The number of nitrogens with two attached hydrogens (primary N) is 1. The van der Waals surface area contributed by atoms with Crippen molar-refractivity contribution in [3.63, 3.8) is 0 Å². The average Bonchev–Trinajstić information content (AvgIpc) is 2.96. The summed E-state index contributed by atoms with van der Waals surface area (Å²) in [6.45, 7) is 5.33. The number of nitrogen functional groups attached to an aromatic ring is 1. The second kappa shape index (κ2) is 7.51. The molecule has 0 radical (unpaired) electrons. The zero-order valence-electron chi connectivity index (χ0n) is 14.0. The smallest absolute Gasteiger partial charge is 0.243 e. The standard InChI is InChI=1S/C18H28N5/c1-21-12-13-22(15-21)9-3-7-20-8-11-23-10-2-4-16-5-6-17(19)14-18(16)23/h5-6,12-15,20H,2-4,7-11,19H2,1H3/q+1. The molecule has 1 aliphatic heterocycles. The maximum absolute atomic E-state index is 5.95. The van der Waals surface area contributed by atoms with Gasteiger partial charge in [0.2, 0.25) is 6.33 Å². The quantitative estimate of drug-likeness (QED) is 0.460. The van der Waals surface area contributed by atoms with Crippen molar-refractivity contribution in [3.05, 3.63) is 42.5 Å². The molecular weight excluding hydrogens is 286 g/mol. The van der Waals surface area contributed by atoms with E-state index in [0.717, 1.165) is 44.8 Å². The molecule has 1 aromatic carbocycles. The Kier molecular flexibility index (Phi) is 5.18. The van der Waals surface area contributed by atoms with E-state index >= 15 is 0 Å². The summed E-state index contributed by atoms with van der Waals surface area (Å²) in [6.07, 6.45) is 9.88. The van der Waals surface area contributed by atoms with E-state index in [2.05, 4.69) is 57.3 Å². The number of aromatic nitrogens is 2. The average molecular weight is 314 g/mol. The maximum atomic E-state index is 5.95. The summed E-state index contributed by atoms with van der Waals surface area (Å²) < 4.78 is 4.30. The van der Waals surface area contributed by atoms with Crippen LogP contribution in [-0.4, -0.2) is 30.7 Å². The largest absolute Gasteiger partial charge is 0.399 e. The highest BCUT2D eigenvalue weighted by molar-refractivity contribution is 5.62. The fraction of sp³-hybridized carbons (Fsp3) is 0.500. The van der Waals surface area contributed by atoms with Crippen LogP contribution >= 0.6 is 0 Å². The third-order valence-corrected chi connectivity index (χ3v) is 4.48. The summed E-state index contributed by atoms with van der Waals surface area (Å²) in [6, 6.07) is 6.32. The Bertz CT molecular complexity index is 634. The number of hydrogen-bond donors (Lipinski definition) is 2. The topological polar surface area (TPSA) is 50.1 Å². The van der Waals surface area contributed by atoms with Crippen LogP contribution in [-0.2, 0) is 20.0 Å². The van der Waals surface area contributed by atoms with Gasteiger partial charge < -0.3 is 16.0 Å². The van der Waals surface area contributed by atoms with Crippen molar-refractivity contribution in [2.24, 2.45) is 7.05 Å². The molecule has 3 N–H and O–H groups in total. The number of anilines is 2. The van der Waals surface area contributed by atoms with Crippen molar-refractivity contribution in [2.45, 2.75) is 25.8 Å². The minimum Gasteiger partial charge on any atom is -0.399 e. The lowest BCUT2D eigenvalue weighted by Gasteiger charge is -2.31. The Labute approximate surface area is 138 Å². The van der Waals surface area contributed by atoms with Crippen LogP contribution in [0, 0.1) is 0 Å². The molecule has 0 fully saturated rings. The molecule has 23 heavy (non-hydrogen) atoms. The second-order valence-electron chi connectivity index (χ2n) is 6.40. The number of benzene rings is 1. The Morgan fingerprint density at radius 1 is 1.26 bits per heavy atom. The van der Waals surface area contributed by atoms with Crippen molar-refractivity contribution in [2.75, 3.05) is 36.8 Å². The molecule has 1 aromatic heterocycles. The third-order valence-electron chi connectivity index (χ3n) is 4.48. The number of aryl methyl sites for hydroxylation is 3. The molecule has 5 nitrogen and oxygen atoms in total. The van der Waals surface area contributed by atoms with Crippen LogP contribution in [0.4, 0.5) is 11.4 Å². The van der Waals surface area contributed by atoms with E-state index in [-0.39, 0.29) is 0 Å². The number of fused-ring (bicyclic) bond motifs is 1. The molecule has 1 aliphatic rings. The molecule has 0 saturated carbocycles. The SMILES string of the molecule is C[n+]1ccn(CCCNCCN2CCCc3ccc(N)cc32)c1. The number of nitrogens with one attached hydrogen (secondary N) is 1. The molecule has 0 amide bonds. The van der Waals surface area contributed by atoms with E-state index in [0.29, 0.717) is 0 Å². The van der Waals surface area contributed by atoms with Gasteiger partial charge in [0.1, 0.15) is 12.4 Å². The molecule has 0 saturated heterocycles. The highest BCUT2D eigenvalue weighted by atomic mass is 15.2. The van der Waals surface area contributed by atoms with Gasteiger partial charge in [0.25, 0.3) is 0 Å². The van der Waals surface area contributed by atoms with Crippen molar-refractivity contribution < 1.29 is 4.57 Å². The van der Waals surface area contributed by atoms with Gasteiger partial charge >= 0.3 is 0 Å². The Morgan fingerprint density at radius 3 is 3.00 bits per heavy atom. The summed E-state index contributed by atoms with van der Waals surface area (Å²) in [5.41, 5.74) is 9.58. The van der Waals surface area contributed by atoms with Crippen LogP contribution in [0.2, 0.25) is 0 Å². The summed E-state index contributed by atoms with van der Waals surface area (Å²) in [5.74, 6) is 0. The van der Waals surface area contributed by atoms with Gasteiger partial charge in [0, 0.05) is 31.0 Å². The third kappa shape index (κ3) is 4.26. The monoisotopic (exact) mass is 314 g/mol. The van der Waals surface area contributed by atoms with Gasteiger partial charge in [-0.3, -0.25) is 0 Å². The lowest BCUT2D eigenvalue weighted by atomic mass is 10.0. The van der Waals surface area contributed by atoms with Crippen LogP contribution < -0.4 is 20.5 Å². The maximum Gasteiger partial charge on any atom is 0.243 e. The highest BCUT2D eigenvalue weighted by Crippen LogP contribution is 2.28. The number of imidazole rings is 1. The zero-order chi connectivity index (χ0) is 16.1. The predicted octanol–water partition coefficient (Wildman–Crippen LogP) is 1.33. The summed E-state index contributed by atoms with van der Waals surface area (Å²) in [4.78, 5) is 2.47. The first kappa shape index (κ1) is 15.9. The molecule has 0 spiro atoms. The number of hydrogen-bond acceptors (Lipinski definition) is 3. The summed E-state index contributed by atoms with van der Waals surface area (Å²) >= 11 is 0. The minimum atomic E-state index is 0.864. The van der Waals surface area contributed by atoms with E-state index < -0.39 is 0 Å². The van der Waals surface area contributed by atoms with Crippen LogP contribution in [0.1, 0.15) is 18.4 Å². The summed E-state index contributed by atoms with van der Waals surface area (Å²) in [5, 5.41) is 3.56. The first-order chi connectivity index (χ1) is 11.2. The van der Waals surface area contributed by atoms with E-state index in [9.17, 15) is 0 Å². The van der Waals surface area contributed by atoms with Crippen LogP contribution in [0.5, 0.6) is 0 Å². The van der Waals surface area contributed by atoms with Crippen LogP contribution in [0.25, 0.3) is 0 Å². The molecule has 2 heterocycles. The van der Waals surface area contributed by atoms with Crippen molar-refractivity contribution in [3.8, 4) is 0 Å². The molecule has 0 atom stereocenters. The second-order valence-corrected chi connectivity index (χ2v) is 6.40. The van der Waals surface area contributed by atoms with Gasteiger partial charge in [0.15, 0.2) is 0 Å². The van der Waals surface area contributed by atoms with E-state index in [1.54, 1.807) is 0 Å². The van der Waals surface area contributed by atoms with E-state index in [1.807, 2.05) is 6.07 Å². The lowest BCUT2D eigenvalue weighted by molar-refractivity contribution is -0.671. The molecule has 5 heteroatoms. The van der Waals surface area contributed by atoms with Crippen molar-refractivity contribution in [1.29, 1.82) is 0 Å². The molecule has 3 rings (SSSR count). The minimum absolute atomic E-state index is 0.864. The molecule has 0 aliphatic carbocycles. The number of rotatable bonds is 7. The van der Waals surface area contributed by atoms with Gasteiger partial charge in [-0.1, -0.05) is 6.07 Å². The van der Waals surface area contributed by atoms with Gasteiger partial charge in [0.05, 0.1) is 13.6 Å². The first-order valence-corrected chi connectivity index (χ1v) is 8.57. The number of nitrogens with zero attached hydrogens (tertiary/aromatic N) is 3. The molecular formula is C18H28N5+. The normalized spacial score (nSPS) is 14.0. The molecule has 124 valence electrons. The Hall–Kier alpha value is -2.01. The van der Waals surface area contributed by atoms with Gasteiger partial charge in [-0.15, -0.1) is 0 Å². The molecule has 2 aromatic rings. The Morgan fingerprint density at radius 2 is 2.17 bits per heavy atom. The van der Waals surface area contributed by atoms with Crippen molar-refractivity contribution >= 4 is 11.4 Å². The van der Waals surface area contributed by atoms with Gasteiger partial charge in [-0.05, 0) is 43.5 Å². The predicted molar refractivity (Wildman–Crippen MR) is 94.5 cm³/mol. The molecule has 0 unspecified atom stereocenters. The molecule has 0 bridgehead atoms.